The number of aromatic nitrogens is 2. The SMILES string of the molecule is COc1cc(C(=O)N2CCC[C@H](CNS(=O)(=O)c3ccc[nH]3)C2)c2ccccc2n1. The molecule has 4 rings (SSSR count). The van der Waals surface area contributed by atoms with Gasteiger partial charge in [-0.05, 0) is 37.0 Å². The van der Waals surface area contributed by atoms with E-state index in [0.717, 1.165) is 18.2 Å². The summed E-state index contributed by atoms with van der Waals surface area (Å²) in [6, 6.07) is 12.3. The molecular formula is C21H24N4O4S. The Balaban J connectivity index is 1.50. The third kappa shape index (κ3) is 4.17. The van der Waals surface area contributed by atoms with E-state index < -0.39 is 10.0 Å². The molecule has 0 bridgehead atoms. The number of aromatic amines is 1. The Kier molecular flexibility index (Phi) is 5.74. The van der Waals surface area contributed by atoms with E-state index in [4.69, 9.17) is 4.74 Å². The van der Waals surface area contributed by atoms with Crippen molar-refractivity contribution < 1.29 is 17.9 Å². The van der Waals surface area contributed by atoms with E-state index >= 15 is 0 Å². The Hall–Kier alpha value is -2.91. The number of fused-ring (bicyclic) bond motifs is 1. The lowest BCUT2D eigenvalue weighted by atomic mass is 9.97. The Labute approximate surface area is 175 Å². The van der Waals surface area contributed by atoms with Crippen molar-refractivity contribution in [2.24, 2.45) is 5.92 Å². The third-order valence-corrected chi connectivity index (χ3v) is 6.74. The van der Waals surface area contributed by atoms with Crippen molar-refractivity contribution in [3.05, 3.63) is 54.2 Å². The first-order chi connectivity index (χ1) is 14.5. The van der Waals surface area contributed by atoms with Crippen LogP contribution in [-0.4, -0.2) is 55.9 Å². The molecule has 0 spiro atoms. The Morgan fingerprint density at radius 2 is 2.13 bits per heavy atom. The quantitative estimate of drug-likeness (QED) is 0.627. The molecule has 1 aromatic carbocycles. The number of sulfonamides is 1. The zero-order valence-electron chi connectivity index (χ0n) is 16.7. The van der Waals surface area contributed by atoms with Crippen molar-refractivity contribution in [2.75, 3.05) is 26.7 Å². The van der Waals surface area contributed by atoms with Crippen molar-refractivity contribution in [3.63, 3.8) is 0 Å². The minimum atomic E-state index is -3.58. The normalized spacial score (nSPS) is 17.2. The summed E-state index contributed by atoms with van der Waals surface area (Å²) < 4.78 is 32.6. The van der Waals surface area contributed by atoms with Gasteiger partial charge in [0.15, 0.2) is 0 Å². The minimum Gasteiger partial charge on any atom is -0.481 e. The largest absolute Gasteiger partial charge is 0.481 e. The van der Waals surface area contributed by atoms with Gasteiger partial charge in [-0.15, -0.1) is 0 Å². The number of carbonyl (C=O) groups excluding carboxylic acids is 1. The maximum absolute atomic E-state index is 13.3. The highest BCUT2D eigenvalue weighted by molar-refractivity contribution is 7.89. The number of nitrogens with one attached hydrogen (secondary N) is 2. The molecule has 0 unspecified atom stereocenters. The molecule has 1 amide bonds. The van der Waals surface area contributed by atoms with E-state index in [1.165, 1.54) is 13.2 Å². The van der Waals surface area contributed by atoms with Gasteiger partial charge in [0.05, 0.1) is 18.2 Å². The van der Waals surface area contributed by atoms with Gasteiger partial charge in [-0.3, -0.25) is 4.79 Å². The summed E-state index contributed by atoms with van der Waals surface area (Å²) in [5.74, 6) is 0.343. The Bertz CT molecular complexity index is 1150. The lowest BCUT2D eigenvalue weighted by Gasteiger charge is -2.33. The molecule has 3 heterocycles. The predicted molar refractivity (Wildman–Crippen MR) is 113 cm³/mol. The fraction of sp³-hybridized carbons (Fsp3) is 0.333. The molecule has 158 valence electrons. The van der Waals surface area contributed by atoms with Crippen LogP contribution >= 0.6 is 0 Å². The molecule has 30 heavy (non-hydrogen) atoms. The molecule has 1 saturated heterocycles. The second-order valence-corrected chi connectivity index (χ2v) is 9.11. The highest BCUT2D eigenvalue weighted by atomic mass is 32.2. The number of pyridine rings is 1. The lowest BCUT2D eigenvalue weighted by Crippen LogP contribution is -2.43. The van der Waals surface area contributed by atoms with E-state index in [-0.39, 0.29) is 23.4 Å². The number of carbonyl (C=O) groups is 1. The van der Waals surface area contributed by atoms with Crippen LogP contribution in [0.1, 0.15) is 23.2 Å². The van der Waals surface area contributed by atoms with Gasteiger partial charge in [-0.2, -0.15) is 0 Å². The lowest BCUT2D eigenvalue weighted by molar-refractivity contribution is 0.0678. The van der Waals surface area contributed by atoms with Gasteiger partial charge in [0.25, 0.3) is 15.9 Å². The predicted octanol–water partition coefficient (Wildman–Crippen LogP) is 2.40. The molecule has 1 aliphatic rings. The van der Waals surface area contributed by atoms with Gasteiger partial charge in [-0.1, -0.05) is 18.2 Å². The average molecular weight is 429 g/mol. The number of hydrogen-bond acceptors (Lipinski definition) is 5. The second-order valence-electron chi connectivity index (χ2n) is 7.38. The average Bonchev–Trinajstić information content (AvgIpc) is 3.33. The number of benzene rings is 1. The van der Waals surface area contributed by atoms with Crippen molar-refractivity contribution in [1.82, 2.24) is 19.6 Å². The van der Waals surface area contributed by atoms with Crippen molar-refractivity contribution in [2.45, 2.75) is 17.9 Å². The van der Waals surface area contributed by atoms with E-state index in [2.05, 4.69) is 14.7 Å². The van der Waals surface area contributed by atoms with E-state index in [1.807, 2.05) is 24.3 Å². The van der Waals surface area contributed by atoms with Crippen molar-refractivity contribution in [1.29, 1.82) is 0 Å². The first kappa shape index (κ1) is 20.4. The van der Waals surface area contributed by atoms with Crippen LogP contribution in [0.5, 0.6) is 5.88 Å². The van der Waals surface area contributed by atoms with Crippen LogP contribution in [0.25, 0.3) is 10.9 Å². The summed E-state index contributed by atoms with van der Waals surface area (Å²) in [6.45, 7) is 1.41. The third-order valence-electron chi connectivity index (χ3n) is 5.36. The molecule has 3 aromatic rings. The maximum Gasteiger partial charge on any atom is 0.255 e. The monoisotopic (exact) mass is 428 g/mol. The molecule has 0 saturated carbocycles. The standard InChI is InChI=1S/C21H24N4O4S/c1-29-19-12-17(16-7-2-3-8-18(16)24-19)21(26)25-11-5-6-15(14-25)13-23-30(27,28)20-9-4-10-22-20/h2-4,7-10,12,15,22-23H,5-6,11,13-14H2,1H3/t15-/m1/s1. The smallest absolute Gasteiger partial charge is 0.255 e. The Morgan fingerprint density at radius 3 is 2.90 bits per heavy atom. The molecule has 1 aliphatic heterocycles. The van der Waals surface area contributed by atoms with E-state index in [0.29, 0.717) is 30.0 Å². The van der Waals surface area contributed by atoms with Crippen LogP contribution in [0.2, 0.25) is 0 Å². The molecule has 2 aromatic heterocycles. The number of nitrogens with zero attached hydrogens (tertiary/aromatic N) is 2. The minimum absolute atomic E-state index is 0.0439. The van der Waals surface area contributed by atoms with E-state index in [1.54, 1.807) is 23.2 Å². The zero-order chi connectivity index (χ0) is 21.1. The van der Waals surface area contributed by atoms with Gasteiger partial charge in [-0.25, -0.2) is 18.1 Å². The fourth-order valence-electron chi connectivity index (χ4n) is 3.81. The number of piperidine rings is 1. The summed E-state index contributed by atoms with van der Waals surface area (Å²) in [7, 11) is -2.05. The van der Waals surface area contributed by atoms with Crippen LogP contribution in [0.3, 0.4) is 0 Å². The van der Waals surface area contributed by atoms with E-state index in [9.17, 15) is 13.2 Å². The van der Waals surface area contributed by atoms with Crippen LogP contribution in [0, 0.1) is 5.92 Å². The number of amides is 1. The Morgan fingerprint density at radius 1 is 1.30 bits per heavy atom. The van der Waals surface area contributed by atoms with Crippen molar-refractivity contribution in [3.8, 4) is 5.88 Å². The van der Waals surface area contributed by atoms with Crippen LogP contribution in [0.4, 0.5) is 0 Å². The molecular weight excluding hydrogens is 404 g/mol. The summed E-state index contributed by atoms with van der Waals surface area (Å²) in [5, 5.41) is 0.916. The molecule has 0 radical (unpaired) electrons. The van der Waals surface area contributed by atoms with Crippen LogP contribution in [0.15, 0.2) is 53.7 Å². The summed E-state index contributed by atoms with van der Waals surface area (Å²) in [4.78, 5) is 22.2. The summed E-state index contributed by atoms with van der Waals surface area (Å²) in [5.41, 5.74) is 1.25. The molecule has 2 N–H and O–H groups in total. The number of ether oxygens (including phenoxy) is 1. The molecule has 1 fully saturated rings. The van der Waals surface area contributed by atoms with Crippen molar-refractivity contribution >= 4 is 26.8 Å². The number of rotatable bonds is 6. The second kappa shape index (κ2) is 8.45. The number of hydrogen-bond donors (Lipinski definition) is 2. The van der Waals surface area contributed by atoms with Gasteiger partial charge >= 0.3 is 0 Å². The topological polar surface area (TPSA) is 104 Å². The number of methoxy groups -OCH3 is 1. The number of H-pyrrole nitrogens is 1. The number of likely N-dealkylation sites (tertiary alicyclic amines) is 1. The summed E-state index contributed by atoms with van der Waals surface area (Å²) >= 11 is 0. The van der Waals surface area contributed by atoms with Gasteiger partial charge in [0.2, 0.25) is 5.88 Å². The fourth-order valence-corrected chi connectivity index (χ4v) is 4.90. The van der Waals surface area contributed by atoms with Crippen LogP contribution in [-0.2, 0) is 10.0 Å². The molecule has 1 atom stereocenters. The first-order valence-electron chi connectivity index (χ1n) is 9.84. The molecule has 9 heteroatoms. The van der Waals surface area contributed by atoms with Gasteiger partial charge in [0, 0.05) is 37.3 Å². The molecule has 0 aliphatic carbocycles. The molecule has 8 nitrogen and oxygen atoms in total. The zero-order valence-corrected chi connectivity index (χ0v) is 17.5. The number of para-hydroxylation sites is 1. The van der Waals surface area contributed by atoms with Gasteiger partial charge in [0.1, 0.15) is 5.03 Å². The highest BCUT2D eigenvalue weighted by Gasteiger charge is 2.27. The first-order valence-corrected chi connectivity index (χ1v) is 11.3. The van der Waals surface area contributed by atoms with Crippen LogP contribution < -0.4 is 9.46 Å². The highest BCUT2D eigenvalue weighted by Crippen LogP contribution is 2.25. The summed E-state index contributed by atoms with van der Waals surface area (Å²) in [6.07, 6.45) is 3.25. The maximum atomic E-state index is 13.3. The van der Waals surface area contributed by atoms with Gasteiger partial charge < -0.3 is 14.6 Å².